The molecular weight excluding hydrogens is 522 g/mol. The molecule has 2 aromatic carbocycles. The largest absolute Gasteiger partial charge is 0.493 e. The molecule has 1 heterocycles. The van der Waals surface area contributed by atoms with Gasteiger partial charge in [-0.3, -0.25) is 0 Å². The SMILES string of the molecule is COc1ccc(C23CCC(NC(=O)Nc4ccc(F)cc4C)CC2N(C)CC3)cc1OC.O=C(O)C(F)(F)F. The highest BCUT2D eigenvalue weighted by molar-refractivity contribution is 5.90. The van der Waals surface area contributed by atoms with E-state index in [4.69, 9.17) is 19.4 Å². The predicted molar refractivity (Wildman–Crippen MR) is 137 cm³/mol. The van der Waals surface area contributed by atoms with Crippen LogP contribution in [0.1, 0.15) is 36.8 Å². The maximum atomic E-state index is 13.3. The van der Waals surface area contributed by atoms with Gasteiger partial charge < -0.3 is 30.1 Å². The highest BCUT2D eigenvalue weighted by atomic mass is 19.4. The lowest BCUT2D eigenvalue weighted by Gasteiger charge is -2.45. The molecule has 3 unspecified atom stereocenters. The molecule has 4 rings (SSSR count). The second-order valence-corrected chi connectivity index (χ2v) is 9.80. The van der Waals surface area contributed by atoms with Crippen LogP contribution >= 0.6 is 0 Å². The summed E-state index contributed by atoms with van der Waals surface area (Å²) in [6.45, 7) is 2.80. The molecule has 1 saturated carbocycles. The molecule has 1 aliphatic carbocycles. The Morgan fingerprint density at radius 1 is 1.08 bits per heavy atom. The topological polar surface area (TPSA) is 100 Å². The molecule has 2 aliphatic rings. The van der Waals surface area contributed by atoms with Gasteiger partial charge in [-0.05, 0) is 87.7 Å². The van der Waals surface area contributed by atoms with E-state index < -0.39 is 12.1 Å². The number of hydrogen-bond acceptors (Lipinski definition) is 5. The van der Waals surface area contributed by atoms with Crippen molar-refractivity contribution < 1.29 is 41.7 Å². The number of likely N-dealkylation sites (tertiary alicyclic amines) is 1. The number of carbonyl (C=O) groups excluding carboxylic acids is 1. The number of benzene rings is 2. The molecule has 1 aliphatic heterocycles. The number of carboxylic acids is 1. The van der Waals surface area contributed by atoms with Gasteiger partial charge in [-0.1, -0.05) is 6.07 Å². The van der Waals surface area contributed by atoms with Gasteiger partial charge >= 0.3 is 18.2 Å². The first kappa shape index (κ1) is 30.0. The second-order valence-electron chi connectivity index (χ2n) is 9.80. The maximum absolute atomic E-state index is 13.3. The lowest BCUT2D eigenvalue weighted by molar-refractivity contribution is -0.192. The van der Waals surface area contributed by atoms with Crippen molar-refractivity contribution in [1.29, 1.82) is 0 Å². The van der Waals surface area contributed by atoms with E-state index in [-0.39, 0.29) is 23.3 Å². The fourth-order valence-corrected chi connectivity index (χ4v) is 5.51. The average molecular weight is 556 g/mol. The number of halogens is 4. The summed E-state index contributed by atoms with van der Waals surface area (Å²) in [5.74, 6) is -1.58. The van der Waals surface area contributed by atoms with Gasteiger partial charge in [0.25, 0.3) is 0 Å². The monoisotopic (exact) mass is 555 g/mol. The van der Waals surface area contributed by atoms with Crippen LogP contribution < -0.4 is 20.1 Å². The maximum Gasteiger partial charge on any atom is 0.490 e. The van der Waals surface area contributed by atoms with E-state index in [1.54, 1.807) is 27.2 Å². The number of methoxy groups -OCH3 is 2. The molecule has 0 aromatic heterocycles. The number of nitrogens with one attached hydrogen (secondary N) is 2. The van der Waals surface area contributed by atoms with Gasteiger partial charge in [0.2, 0.25) is 0 Å². The summed E-state index contributed by atoms with van der Waals surface area (Å²) in [7, 11) is 5.48. The third kappa shape index (κ3) is 6.92. The first-order valence-electron chi connectivity index (χ1n) is 12.4. The van der Waals surface area contributed by atoms with Gasteiger partial charge in [0.15, 0.2) is 11.5 Å². The molecule has 3 N–H and O–H groups in total. The van der Waals surface area contributed by atoms with E-state index in [9.17, 15) is 22.4 Å². The van der Waals surface area contributed by atoms with Crippen LogP contribution in [0.2, 0.25) is 0 Å². The van der Waals surface area contributed by atoms with Gasteiger partial charge in [0.1, 0.15) is 5.82 Å². The highest BCUT2D eigenvalue weighted by Gasteiger charge is 2.50. The van der Waals surface area contributed by atoms with Crippen LogP contribution in [-0.2, 0) is 10.2 Å². The van der Waals surface area contributed by atoms with Crippen LogP contribution in [0, 0.1) is 12.7 Å². The Bertz CT molecular complexity index is 1190. The van der Waals surface area contributed by atoms with Crippen LogP contribution in [0.5, 0.6) is 11.5 Å². The second kappa shape index (κ2) is 12.1. The minimum atomic E-state index is -5.08. The van der Waals surface area contributed by atoms with Crippen LogP contribution in [0.25, 0.3) is 0 Å². The Kier molecular flexibility index (Phi) is 9.31. The minimum absolute atomic E-state index is 0.0382. The molecule has 0 bridgehead atoms. The molecule has 0 spiro atoms. The number of alkyl halides is 3. The molecule has 0 radical (unpaired) electrons. The van der Waals surface area contributed by atoms with Gasteiger partial charge in [0.05, 0.1) is 14.2 Å². The Morgan fingerprint density at radius 2 is 1.74 bits per heavy atom. The summed E-state index contributed by atoms with van der Waals surface area (Å²) in [6, 6.07) is 10.8. The van der Waals surface area contributed by atoms with E-state index in [0.717, 1.165) is 43.7 Å². The Hall–Kier alpha value is -3.54. The quantitative estimate of drug-likeness (QED) is 0.444. The molecule has 8 nitrogen and oxygen atoms in total. The molecule has 12 heteroatoms. The lowest BCUT2D eigenvalue weighted by Crippen LogP contribution is -2.52. The van der Waals surface area contributed by atoms with E-state index >= 15 is 0 Å². The molecule has 39 heavy (non-hydrogen) atoms. The van der Waals surface area contributed by atoms with Crippen LogP contribution in [0.15, 0.2) is 36.4 Å². The van der Waals surface area contributed by atoms with Crippen LogP contribution in [-0.4, -0.2) is 68.1 Å². The molecular formula is C27H33F4N3O5. The number of likely N-dealkylation sites (N-methyl/N-ethyl adjacent to an activating group) is 1. The molecule has 1 saturated heterocycles. The summed E-state index contributed by atoms with van der Waals surface area (Å²) >= 11 is 0. The zero-order valence-electron chi connectivity index (χ0n) is 22.2. The smallest absolute Gasteiger partial charge is 0.490 e. The first-order chi connectivity index (χ1) is 18.3. The Morgan fingerprint density at radius 3 is 2.33 bits per heavy atom. The van der Waals surface area contributed by atoms with Crippen molar-refractivity contribution in [3.8, 4) is 11.5 Å². The number of hydrogen-bond donors (Lipinski definition) is 3. The highest BCUT2D eigenvalue weighted by Crippen LogP contribution is 2.49. The number of carboxylic acid groups (broad SMARTS) is 1. The van der Waals surface area contributed by atoms with E-state index in [1.807, 2.05) is 6.07 Å². The standard InChI is InChI=1S/C25H32FN3O3.C2HF3O2/c1-16-13-18(26)6-7-20(16)28-24(30)27-19-9-10-25(11-12-29(2)23(25)15-19)17-5-8-21(31-3)22(14-17)32-4;3-2(4,5)1(6)7/h5-8,13-14,19,23H,9-12,15H2,1-4H3,(H2,27,28,30);(H,6,7). The van der Waals surface area contributed by atoms with Crippen LogP contribution in [0.3, 0.4) is 0 Å². The van der Waals surface area contributed by atoms with Crippen molar-refractivity contribution in [2.24, 2.45) is 0 Å². The normalized spacial score (nSPS) is 22.7. The number of carbonyl (C=O) groups is 2. The van der Waals surface area contributed by atoms with Crippen molar-refractivity contribution >= 4 is 17.7 Å². The first-order valence-corrected chi connectivity index (χ1v) is 12.4. The van der Waals surface area contributed by atoms with Gasteiger partial charge in [-0.15, -0.1) is 0 Å². The van der Waals surface area contributed by atoms with Crippen LogP contribution in [0.4, 0.5) is 28.0 Å². The lowest BCUT2D eigenvalue weighted by atomic mass is 9.65. The van der Waals surface area contributed by atoms with Crippen molar-refractivity contribution in [3.63, 3.8) is 0 Å². The molecule has 2 fully saturated rings. The third-order valence-corrected chi connectivity index (χ3v) is 7.50. The molecule has 214 valence electrons. The van der Waals surface area contributed by atoms with Crippen molar-refractivity contribution in [2.45, 2.75) is 56.3 Å². The Balaban J connectivity index is 0.000000532. The number of amides is 2. The van der Waals surface area contributed by atoms with E-state index in [0.29, 0.717) is 17.3 Å². The number of fused-ring (bicyclic) bond motifs is 1. The van der Waals surface area contributed by atoms with Crippen molar-refractivity contribution in [3.05, 3.63) is 53.3 Å². The third-order valence-electron chi connectivity index (χ3n) is 7.50. The minimum Gasteiger partial charge on any atom is -0.493 e. The van der Waals surface area contributed by atoms with E-state index in [2.05, 4.69) is 34.7 Å². The van der Waals surface area contributed by atoms with Gasteiger partial charge in [-0.25, -0.2) is 14.0 Å². The molecule has 2 amide bonds. The summed E-state index contributed by atoms with van der Waals surface area (Å²) in [4.78, 5) is 23.9. The summed E-state index contributed by atoms with van der Waals surface area (Å²) in [5.41, 5.74) is 2.63. The summed E-state index contributed by atoms with van der Waals surface area (Å²) in [5, 5.41) is 13.1. The number of anilines is 1. The van der Waals surface area contributed by atoms with Gasteiger partial charge in [-0.2, -0.15) is 13.2 Å². The number of nitrogens with zero attached hydrogens (tertiary/aromatic N) is 1. The zero-order chi connectivity index (χ0) is 29.0. The fraction of sp³-hybridized carbons (Fsp3) is 0.481. The predicted octanol–water partition coefficient (Wildman–Crippen LogP) is 5.10. The number of ether oxygens (including phenoxy) is 2. The van der Waals surface area contributed by atoms with Crippen molar-refractivity contribution in [2.75, 3.05) is 33.1 Å². The van der Waals surface area contributed by atoms with Gasteiger partial charge in [0, 0.05) is 23.2 Å². The number of urea groups is 1. The average Bonchev–Trinajstić information content (AvgIpc) is 3.22. The number of rotatable bonds is 5. The summed E-state index contributed by atoms with van der Waals surface area (Å²) in [6.07, 6.45) is -1.25. The van der Waals surface area contributed by atoms with Crippen molar-refractivity contribution in [1.82, 2.24) is 10.2 Å². The number of aryl methyl sites for hydroxylation is 1. The Labute approximate surface area is 224 Å². The zero-order valence-corrected chi connectivity index (χ0v) is 22.2. The fourth-order valence-electron chi connectivity index (χ4n) is 5.51. The molecule has 2 aromatic rings. The van der Waals surface area contributed by atoms with E-state index in [1.165, 1.54) is 17.7 Å². The number of aliphatic carboxylic acids is 1. The molecule has 3 atom stereocenters. The summed E-state index contributed by atoms with van der Waals surface area (Å²) < 4.78 is 56.1.